The van der Waals surface area contributed by atoms with E-state index in [1.54, 1.807) is 6.07 Å². The molecule has 104 valence electrons. The summed E-state index contributed by atoms with van der Waals surface area (Å²) < 4.78 is 0. The zero-order valence-electron chi connectivity index (χ0n) is 11.1. The fraction of sp³-hybridized carbons (Fsp3) is 0.500. The second-order valence-corrected chi connectivity index (χ2v) is 5.45. The summed E-state index contributed by atoms with van der Waals surface area (Å²) in [7, 11) is 2.14. The van der Waals surface area contributed by atoms with Crippen LogP contribution < -0.4 is 0 Å². The Morgan fingerprint density at radius 1 is 1.32 bits per heavy atom. The van der Waals surface area contributed by atoms with Crippen molar-refractivity contribution in [1.29, 1.82) is 0 Å². The molecule has 1 fully saturated rings. The Kier molecular flexibility index (Phi) is 4.80. The number of benzene rings is 1. The van der Waals surface area contributed by atoms with E-state index in [2.05, 4.69) is 16.8 Å². The summed E-state index contributed by atoms with van der Waals surface area (Å²) >= 11 is 6.16. The van der Waals surface area contributed by atoms with Gasteiger partial charge >= 0.3 is 5.97 Å². The van der Waals surface area contributed by atoms with E-state index in [1.165, 1.54) is 6.07 Å². The third-order valence-corrected chi connectivity index (χ3v) is 3.86. The minimum atomic E-state index is -0.940. The second kappa shape index (κ2) is 6.37. The summed E-state index contributed by atoms with van der Waals surface area (Å²) in [5.41, 5.74) is 1.24. The maximum Gasteiger partial charge on any atom is 0.335 e. The lowest BCUT2D eigenvalue weighted by Gasteiger charge is -2.20. The number of hydrogen-bond donors (Lipinski definition) is 1. The minimum absolute atomic E-state index is 0.240. The maximum atomic E-state index is 10.9. The van der Waals surface area contributed by atoms with Crippen molar-refractivity contribution >= 4 is 17.6 Å². The number of nitrogens with zero attached hydrogens (tertiary/aromatic N) is 2. The van der Waals surface area contributed by atoms with Gasteiger partial charge in [-0.25, -0.2) is 4.79 Å². The molecule has 0 radical (unpaired) electrons. The predicted molar refractivity (Wildman–Crippen MR) is 75.8 cm³/mol. The summed E-state index contributed by atoms with van der Waals surface area (Å²) in [6.07, 6.45) is 1.15. The number of aromatic carboxylic acids is 1. The van der Waals surface area contributed by atoms with Crippen LogP contribution in [0.2, 0.25) is 5.02 Å². The molecule has 5 heteroatoms. The van der Waals surface area contributed by atoms with E-state index in [0.717, 1.165) is 44.7 Å². The smallest absolute Gasteiger partial charge is 0.335 e. The number of carboxylic acids is 1. The Balaban J connectivity index is 2.04. The van der Waals surface area contributed by atoms with E-state index in [-0.39, 0.29) is 5.56 Å². The van der Waals surface area contributed by atoms with Crippen molar-refractivity contribution in [3.8, 4) is 0 Å². The molecule has 0 spiro atoms. The Morgan fingerprint density at radius 2 is 2.11 bits per heavy atom. The van der Waals surface area contributed by atoms with E-state index in [0.29, 0.717) is 5.02 Å². The Bertz CT molecular complexity index is 465. The average Bonchev–Trinajstić information content (AvgIpc) is 2.57. The summed E-state index contributed by atoms with van der Waals surface area (Å²) in [4.78, 5) is 15.6. The molecular formula is C14H19ClN2O2. The van der Waals surface area contributed by atoms with Crippen LogP contribution in [0.4, 0.5) is 0 Å². The lowest BCUT2D eigenvalue weighted by molar-refractivity contribution is 0.0697. The van der Waals surface area contributed by atoms with Gasteiger partial charge in [-0.3, -0.25) is 4.90 Å². The largest absolute Gasteiger partial charge is 0.478 e. The second-order valence-electron chi connectivity index (χ2n) is 5.04. The van der Waals surface area contributed by atoms with Gasteiger partial charge in [-0.2, -0.15) is 0 Å². The van der Waals surface area contributed by atoms with Crippen molar-refractivity contribution in [3.05, 3.63) is 34.3 Å². The molecule has 0 aliphatic carbocycles. The number of likely N-dealkylation sites (N-methyl/N-ethyl adjacent to an activating group) is 1. The van der Waals surface area contributed by atoms with Crippen LogP contribution in [-0.4, -0.2) is 54.1 Å². The highest BCUT2D eigenvalue weighted by molar-refractivity contribution is 6.31. The minimum Gasteiger partial charge on any atom is -0.478 e. The monoisotopic (exact) mass is 282 g/mol. The van der Waals surface area contributed by atoms with Crippen molar-refractivity contribution in [2.75, 3.05) is 33.2 Å². The maximum absolute atomic E-state index is 10.9. The molecule has 1 aliphatic rings. The van der Waals surface area contributed by atoms with Gasteiger partial charge in [-0.05, 0) is 44.3 Å². The van der Waals surface area contributed by atoms with Gasteiger partial charge in [0, 0.05) is 24.7 Å². The first-order valence-corrected chi connectivity index (χ1v) is 6.86. The first kappa shape index (κ1) is 14.3. The van der Waals surface area contributed by atoms with Gasteiger partial charge in [0.05, 0.1) is 5.56 Å². The molecule has 19 heavy (non-hydrogen) atoms. The van der Waals surface area contributed by atoms with Crippen molar-refractivity contribution in [2.24, 2.45) is 0 Å². The quantitative estimate of drug-likeness (QED) is 0.923. The fourth-order valence-corrected chi connectivity index (χ4v) is 2.55. The highest BCUT2D eigenvalue weighted by Crippen LogP contribution is 2.20. The molecule has 0 amide bonds. The van der Waals surface area contributed by atoms with Gasteiger partial charge in [-0.1, -0.05) is 17.7 Å². The molecule has 4 nitrogen and oxygen atoms in total. The lowest BCUT2D eigenvalue weighted by Crippen LogP contribution is -2.28. The van der Waals surface area contributed by atoms with Crippen molar-refractivity contribution < 1.29 is 9.90 Å². The van der Waals surface area contributed by atoms with Gasteiger partial charge in [0.15, 0.2) is 0 Å². The molecule has 1 aromatic rings. The number of halogens is 1. The topological polar surface area (TPSA) is 43.8 Å². The van der Waals surface area contributed by atoms with Gasteiger partial charge in [0.25, 0.3) is 0 Å². The van der Waals surface area contributed by atoms with Crippen LogP contribution in [0, 0.1) is 0 Å². The van der Waals surface area contributed by atoms with Crippen molar-refractivity contribution in [1.82, 2.24) is 9.80 Å². The standard InChI is InChI=1S/C14H19ClN2O2/c1-16-5-2-6-17(8-7-16)10-12-4-3-11(14(18)19)9-13(12)15/h3-4,9H,2,5-8,10H2,1H3,(H,18,19). The third kappa shape index (κ3) is 3.93. The van der Waals surface area contributed by atoms with Crippen LogP contribution >= 0.6 is 11.6 Å². The molecule has 0 unspecified atom stereocenters. The lowest BCUT2D eigenvalue weighted by atomic mass is 10.1. The molecule has 1 N–H and O–H groups in total. The fourth-order valence-electron chi connectivity index (χ4n) is 2.31. The highest BCUT2D eigenvalue weighted by atomic mass is 35.5. The van der Waals surface area contributed by atoms with Crippen LogP contribution in [0.15, 0.2) is 18.2 Å². The zero-order chi connectivity index (χ0) is 13.8. The molecule has 1 saturated heterocycles. The molecule has 1 aromatic carbocycles. The first-order chi connectivity index (χ1) is 9.06. The molecule has 0 aromatic heterocycles. The Labute approximate surface area is 118 Å². The van der Waals surface area contributed by atoms with E-state index >= 15 is 0 Å². The molecule has 0 saturated carbocycles. The summed E-state index contributed by atoms with van der Waals surface area (Å²) in [5.74, 6) is -0.940. The van der Waals surface area contributed by atoms with E-state index in [1.807, 2.05) is 6.07 Å². The van der Waals surface area contributed by atoms with Crippen molar-refractivity contribution in [3.63, 3.8) is 0 Å². The van der Waals surface area contributed by atoms with Crippen LogP contribution in [-0.2, 0) is 6.54 Å². The third-order valence-electron chi connectivity index (χ3n) is 3.51. The molecule has 1 aliphatic heterocycles. The van der Waals surface area contributed by atoms with Crippen molar-refractivity contribution in [2.45, 2.75) is 13.0 Å². The average molecular weight is 283 g/mol. The van der Waals surface area contributed by atoms with E-state index in [4.69, 9.17) is 16.7 Å². The van der Waals surface area contributed by atoms with Crippen LogP contribution in [0.1, 0.15) is 22.3 Å². The Hall–Kier alpha value is -1.10. The molecular weight excluding hydrogens is 264 g/mol. The number of carboxylic acid groups (broad SMARTS) is 1. The zero-order valence-corrected chi connectivity index (χ0v) is 11.9. The van der Waals surface area contributed by atoms with Gasteiger partial charge in [0.1, 0.15) is 0 Å². The molecule has 0 bridgehead atoms. The highest BCUT2D eigenvalue weighted by Gasteiger charge is 2.14. The predicted octanol–water partition coefficient (Wildman–Crippen LogP) is 2.18. The summed E-state index contributed by atoms with van der Waals surface area (Å²) in [6.45, 7) is 5.05. The Morgan fingerprint density at radius 3 is 2.79 bits per heavy atom. The normalized spacial score (nSPS) is 18.2. The van der Waals surface area contributed by atoms with Gasteiger partial charge in [0.2, 0.25) is 0 Å². The van der Waals surface area contributed by atoms with E-state index in [9.17, 15) is 4.79 Å². The molecule has 0 atom stereocenters. The summed E-state index contributed by atoms with van der Waals surface area (Å²) in [5, 5.41) is 9.45. The van der Waals surface area contributed by atoms with E-state index < -0.39 is 5.97 Å². The van der Waals surface area contributed by atoms with Crippen LogP contribution in [0.25, 0.3) is 0 Å². The number of hydrogen-bond acceptors (Lipinski definition) is 3. The number of carbonyl (C=O) groups is 1. The van der Waals surface area contributed by atoms with Crippen LogP contribution in [0.5, 0.6) is 0 Å². The molecule has 2 rings (SSSR count). The van der Waals surface area contributed by atoms with Crippen LogP contribution in [0.3, 0.4) is 0 Å². The molecule has 1 heterocycles. The van der Waals surface area contributed by atoms with Gasteiger partial charge in [-0.15, -0.1) is 0 Å². The first-order valence-electron chi connectivity index (χ1n) is 6.49. The van der Waals surface area contributed by atoms with Gasteiger partial charge < -0.3 is 10.0 Å². The summed E-state index contributed by atoms with van der Waals surface area (Å²) in [6, 6.07) is 4.97. The number of rotatable bonds is 3. The SMILES string of the molecule is CN1CCCN(Cc2ccc(C(=O)O)cc2Cl)CC1.